The minimum absolute atomic E-state index is 0.0228. The van der Waals surface area contributed by atoms with E-state index in [4.69, 9.17) is 11.5 Å². The van der Waals surface area contributed by atoms with Crippen molar-refractivity contribution in [2.24, 2.45) is 11.5 Å². The monoisotopic (exact) mass is 173 g/mol. The van der Waals surface area contributed by atoms with Gasteiger partial charge in [-0.2, -0.15) is 0 Å². The number of carbonyl (C=O) groups is 2. The quantitative estimate of drug-likeness (QED) is 0.407. The zero-order valence-corrected chi connectivity index (χ0v) is 7.41. The third kappa shape index (κ3) is 2.60. The molecule has 0 bridgehead atoms. The Labute approximate surface area is 71.7 Å². The molecule has 0 aromatic carbocycles. The smallest absolute Gasteiger partial charge is 0.257 e. The van der Waals surface area contributed by atoms with E-state index in [2.05, 4.69) is 0 Å². The molecule has 0 fully saturated rings. The van der Waals surface area contributed by atoms with Crippen molar-refractivity contribution in [1.82, 2.24) is 4.90 Å². The van der Waals surface area contributed by atoms with Gasteiger partial charge in [0.1, 0.15) is 11.9 Å². The lowest BCUT2D eigenvalue weighted by Crippen LogP contribution is -2.60. The summed E-state index contributed by atoms with van der Waals surface area (Å²) in [6.07, 6.45) is 0.971. The summed E-state index contributed by atoms with van der Waals surface area (Å²) in [5.74, 6) is -0.419. The van der Waals surface area contributed by atoms with Crippen LogP contribution in [-0.2, 0) is 9.59 Å². The zero-order chi connectivity index (χ0) is 9.78. The molecule has 0 unspecified atom stereocenters. The molecule has 0 saturated heterocycles. The Bertz CT molecular complexity index is 179. The van der Waals surface area contributed by atoms with Crippen molar-refractivity contribution in [1.29, 1.82) is 0 Å². The molecule has 0 aromatic rings. The van der Waals surface area contributed by atoms with Gasteiger partial charge in [-0.05, 0) is 6.42 Å². The second-order valence-corrected chi connectivity index (χ2v) is 2.75. The summed E-state index contributed by atoms with van der Waals surface area (Å²) in [6, 6.07) is 0. The fourth-order valence-electron chi connectivity index (χ4n) is 0.701. The van der Waals surface area contributed by atoms with Gasteiger partial charge in [0.25, 0.3) is 5.91 Å². The van der Waals surface area contributed by atoms with E-state index in [1.165, 1.54) is 11.9 Å². The third-order valence-electron chi connectivity index (χ3n) is 1.68. The topological polar surface area (TPSA) is 89.4 Å². The molecule has 0 radical (unpaired) electrons. The highest BCUT2D eigenvalue weighted by Gasteiger charge is 2.29. The molecule has 0 rings (SSSR count). The Morgan fingerprint density at radius 1 is 1.58 bits per heavy atom. The van der Waals surface area contributed by atoms with Gasteiger partial charge in [-0.3, -0.25) is 4.79 Å². The highest BCUT2D eigenvalue weighted by molar-refractivity contribution is 5.86. The van der Waals surface area contributed by atoms with Gasteiger partial charge in [0, 0.05) is 7.05 Å². The van der Waals surface area contributed by atoms with Crippen LogP contribution in [0.1, 0.15) is 13.3 Å². The van der Waals surface area contributed by atoms with Crippen molar-refractivity contribution in [3.05, 3.63) is 0 Å². The van der Waals surface area contributed by atoms with Gasteiger partial charge < -0.3 is 21.2 Å². The minimum atomic E-state index is -1.35. The Morgan fingerprint density at radius 2 is 2.08 bits per heavy atom. The Morgan fingerprint density at radius 3 is 2.42 bits per heavy atom. The number of hydrogen-bond acceptors (Lipinski definition) is 4. The molecule has 1 amide bonds. The van der Waals surface area contributed by atoms with Crippen molar-refractivity contribution < 1.29 is 9.59 Å². The first-order valence-electron chi connectivity index (χ1n) is 3.72. The molecule has 12 heavy (non-hydrogen) atoms. The number of aldehydes is 1. The number of likely N-dealkylation sites (N-methyl/N-ethyl adjacent to an activating group) is 1. The van der Waals surface area contributed by atoms with Crippen molar-refractivity contribution in [3.8, 4) is 0 Å². The number of nitrogens with zero attached hydrogens (tertiary/aromatic N) is 1. The van der Waals surface area contributed by atoms with Gasteiger partial charge in [-0.15, -0.1) is 0 Å². The van der Waals surface area contributed by atoms with E-state index in [1.54, 1.807) is 6.92 Å². The van der Waals surface area contributed by atoms with Crippen molar-refractivity contribution >= 4 is 12.2 Å². The van der Waals surface area contributed by atoms with Crippen LogP contribution in [-0.4, -0.2) is 36.3 Å². The van der Waals surface area contributed by atoms with Crippen LogP contribution in [0.2, 0.25) is 0 Å². The lowest BCUT2D eigenvalue weighted by atomic mass is 10.1. The van der Waals surface area contributed by atoms with Gasteiger partial charge in [-0.25, -0.2) is 0 Å². The number of rotatable bonds is 4. The van der Waals surface area contributed by atoms with Gasteiger partial charge in [0.2, 0.25) is 0 Å². The average Bonchev–Trinajstić information content (AvgIpc) is 2.03. The van der Waals surface area contributed by atoms with Crippen LogP contribution in [0.5, 0.6) is 0 Å². The van der Waals surface area contributed by atoms with E-state index in [0.717, 1.165) is 0 Å². The first kappa shape index (κ1) is 11.1. The molecule has 0 spiro atoms. The van der Waals surface area contributed by atoms with Crippen LogP contribution in [0.15, 0.2) is 0 Å². The molecule has 5 heteroatoms. The minimum Gasteiger partial charge on any atom is -0.336 e. The fourth-order valence-corrected chi connectivity index (χ4v) is 0.701. The second-order valence-electron chi connectivity index (χ2n) is 2.75. The Kier molecular flexibility index (Phi) is 3.85. The van der Waals surface area contributed by atoms with Crippen LogP contribution in [0, 0.1) is 0 Å². The lowest BCUT2D eigenvalue weighted by molar-refractivity contribution is -0.137. The number of hydrogen-bond donors (Lipinski definition) is 2. The van der Waals surface area contributed by atoms with Gasteiger partial charge in [-0.1, -0.05) is 6.92 Å². The molecular formula is C7H15N3O2. The fraction of sp³-hybridized carbons (Fsp3) is 0.714. The predicted octanol–water partition coefficient (Wildman–Crippen LogP) is -1.33. The summed E-state index contributed by atoms with van der Waals surface area (Å²) in [5, 5.41) is 0. The summed E-state index contributed by atoms with van der Waals surface area (Å²) in [4.78, 5) is 22.6. The number of nitrogens with two attached hydrogens (primary N) is 2. The van der Waals surface area contributed by atoms with E-state index in [0.29, 0.717) is 12.7 Å². The van der Waals surface area contributed by atoms with Gasteiger partial charge in [0.15, 0.2) is 0 Å². The summed E-state index contributed by atoms with van der Waals surface area (Å²) in [6.45, 7) is 1.74. The van der Waals surface area contributed by atoms with E-state index in [-0.39, 0.29) is 6.54 Å². The van der Waals surface area contributed by atoms with E-state index < -0.39 is 11.6 Å². The molecule has 0 aromatic heterocycles. The molecule has 0 aliphatic heterocycles. The van der Waals surface area contributed by atoms with E-state index in [1.807, 2.05) is 0 Å². The second kappa shape index (κ2) is 4.18. The maximum absolute atomic E-state index is 11.3. The molecule has 0 atom stereocenters. The molecule has 0 heterocycles. The maximum atomic E-state index is 11.3. The standard InChI is InChI=1S/C7H15N3O2/c1-3-7(8,9)6(12)10(2)4-5-11/h5H,3-4,8-9H2,1-2H3. The Balaban J connectivity index is 4.27. The van der Waals surface area contributed by atoms with Crippen molar-refractivity contribution in [2.45, 2.75) is 19.0 Å². The van der Waals surface area contributed by atoms with E-state index >= 15 is 0 Å². The molecule has 70 valence electrons. The van der Waals surface area contributed by atoms with Crippen LogP contribution < -0.4 is 11.5 Å². The van der Waals surface area contributed by atoms with Gasteiger partial charge >= 0.3 is 0 Å². The van der Waals surface area contributed by atoms with Crippen LogP contribution in [0.3, 0.4) is 0 Å². The van der Waals surface area contributed by atoms with E-state index in [9.17, 15) is 9.59 Å². The molecular weight excluding hydrogens is 158 g/mol. The number of carbonyl (C=O) groups excluding carboxylic acids is 2. The average molecular weight is 173 g/mol. The zero-order valence-electron chi connectivity index (χ0n) is 7.41. The van der Waals surface area contributed by atoms with Gasteiger partial charge in [0.05, 0.1) is 6.54 Å². The summed E-state index contributed by atoms with van der Waals surface area (Å²) in [7, 11) is 1.49. The third-order valence-corrected chi connectivity index (χ3v) is 1.68. The largest absolute Gasteiger partial charge is 0.336 e. The first-order chi connectivity index (χ1) is 5.45. The summed E-state index contributed by atoms with van der Waals surface area (Å²) >= 11 is 0. The van der Waals surface area contributed by atoms with Crippen LogP contribution in [0.25, 0.3) is 0 Å². The highest BCUT2D eigenvalue weighted by atomic mass is 16.2. The maximum Gasteiger partial charge on any atom is 0.257 e. The van der Waals surface area contributed by atoms with Crippen LogP contribution in [0.4, 0.5) is 0 Å². The van der Waals surface area contributed by atoms with Crippen molar-refractivity contribution in [3.63, 3.8) is 0 Å². The normalized spacial score (nSPS) is 11.0. The Hall–Kier alpha value is -0.940. The first-order valence-corrected chi connectivity index (χ1v) is 3.72. The molecule has 0 saturated carbocycles. The number of amides is 1. The SMILES string of the molecule is CCC(N)(N)C(=O)N(C)CC=O. The lowest BCUT2D eigenvalue weighted by Gasteiger charge is -2.26. The summed E-state index contributed by atoms with van der Waals surface area (Å²) in [5.41, 5.74) is 9.57. The highest BCUT2D eigenvalue weighted by Crippen LogP contribution is 2.01. The van der Waals surface area contributed by atoms with Crippen LogP contribution >= 0.6 is 0 Å². The molecule has 4 N–H and O–H groups in total. The summed E-state index contributed by atoms with van der Waals surface area (Å²) < 4.78 is 0. The predicted molar refractivity (Wildman–Crippen MR) is 45.1 cm³/mol. The van der Waals surface area contributed by atoms with Crippen molar-refractivity contribution in [2.75, 3.05) is 13.6 Å². The molecule has 5 nitrogen and oxygen atoms in total. The molecule has 0 aliphatic carbocycles. The molecule has 0 aliphatic rings.